The van der Waals surface area contributed by atoms with Gasteiger partial charge >= 0.3 is 0 Å². The van der Waals surface area contributed by atoms with E-state index in [1.165, 1.54) is 19.3 Å². The molecule has 0 aromatic carbocycles. The van der Waals surface area contributed by atoms with Crippen molar-refractivity contribution in [3.8, 4) is 0 Å². The van der Waals surface area contributed by atoms with Gasteiger partial charge in [-0.15, -0.1) is 0 Å². The Balaban J connectivity index is 1.95. The molecular formula is C14H25N3O. The van der Waals surface area contributed by atoms with Crippen molar-refractivity contribution in [2.45, 2.75) is 50.7 Å². The number of aromatic nitrogens is 2. The highest BCUT2D eigenvalue weighted by atomic mass is 16.5. The second-order valence-corrected chi connectivity index (χ2v) is 5.38. The van der Waals surface area contributed by atoms with Gasteiger partial charge in [-0.05, 0) is 38.3 Å². The van der Waals surface area contributed by atoms with Crippen LogP contribution >= 0.6 is 0 Å². The molecule has 1 N–H and O–H groups in total. The van der Waals surface area contributed by atoms with E-state index in [0.717, 1.165) is 25.1 Å². The van der Waals surface area contributed by atoms with Crippen molar-refractivity contribution in [1.29, 1.82) is 0 Å². The zero-order chi connectivity index (χ0) is 13.0. The van der Waals surface area contributed by atoms with Gasteiger partial charge in [0, 0.05) is 32.8 Å². The predicted octanol–water partition coefficient (Wildman–Crippen LogP) is 1.90. The third-order valence-corrected chi connectivity index (χ3v) is 4.03. The molecule has 1 heterocycles. The molecule has 1 unspecified atom stereocenters. The molecule has 0 amide bonds. The van der Waals surface area contributed by atoms with Gasteiger partial charge in [-0.25, -0.2) is 0 Å². The second kappa shape index (κ2) is 5.85. The zero-order valence-corrected chi connectivity index (χ0v) is 11.8. The molecule has 4 nitrogen and oxygen atoms in total. The first kappa shape index (κ1) is 13.6. The topological polar surface area (TPSA) is 39.1 Å². The van der Waals surface area contributed by atoms with Gasteiger partial charge in [0.2, 0.25) is 0 Å². The van der Waals surface area contributed by atoms with E-state index in [1.54, 1.807) is 0 Å². The Kier molecular flexibility index (Phi) is 4.40. The summed E-state index contributed by atoms with van der Waals surface area (Å²) in [6.07, 6.45) is 7.79. The van der Waals surface area contributed by atoms with Crippen molar-refractivity contribution in [2.24, 2.45) is 7.05 Å². The van der Waals surface area contributed by atoms with Crippen LogP contribution in [0.25, 0.3) is 0 Å². The molecule has 1 atom stereocenters. The monoisotopic (exact) mass is 251 g/mol. The molecule has 0 bridgehead atoms. The molecule has 1 aliphatic carbocycles. The Bertz CT molecular complexity index is 365. The maximum atomic E-state index is 5.73. The van der Waals surface area contributed by atoms with Crippen molar-refractivity contribution in [1.82, 2.24) is 15.1 Å². The Morgan fingerprint density at radius 3 is 2.78 bits per heavy atom. The molecule has 1 fully saturated rings. The van der Waals surface area contributed by atoms with Gasteiger partial charge in [0.25, 0.3) is 0 Å². The average molecular weight is 251 g/mol. The minimum atomic E-state index is 0.127. The number of likely N-dealkylation sites (N-methyl/N-ethyl adjacent to an activating group) is 1. The summed E-state index contributed by atoms with van der Waals surface area (Å²) in [5.74, 6) is 0. The lowest BCUT2D eigenvalue weighted by molar-refractivity contribution is -0.0833. The first-order valence-electron chi connectivity index (χ1n) is 6.94. The molecule has 0 radical (unpaired) electrons. The molecule has 18 heavy (non-hydrogen) atoms. The van der Waals surface area contributed by atoms with E-state index in [-0.39, 0.29) is 5.60 Å². The molecular weight excluding hydrogens is 226 g/mol. The molecule has 2 rings (SSSR count). The van der Waals surface area contributed by atoms with Gasteiger partial charge in [-0.2, -0.15) is 5.10 Å². The van der Waals surface area contributed by atoms with Crippen LogP contribution in [-0.4, -0.2) is 35.1 Å². The van der Waals surface area contributed by atoms with Crippen molar-refractivity contribution in [3.63, 3.8) is 0 Å². The predicted molar refractivity (Wildman–Crippen MR) is 72.6 cm³/mol. The lowest BCUT2D eigenvalue weighted by Crippen LogP contribution is -2.46. The standard InChI is InChI=1S/C14H25N3O/c1-4-15-13(10-12-6-9-17(2)16-12)11-14(18-3)7-5-8-14/h6,9,13,15H,4-5,7-8,10-11H2,1-3H3. The summed E-state index contributed by atoms with van der Waals surface area (Å²) in [6, 6.07) is 2.56. The van der Waals surface area contributed by atoms with E-state index in [4.69, 9.17) is 4.74 Å². The molecule has 102 valence electrons. The third kappa shape index (κ3) is 3.12. The summed E-state index contributed by atoms with van der Waals surface area (Å²) in [5, 5.41) is 8.04. The second-order valence-electron chi connectivity index (χ2n) is 5.38. The number of ether oxygens (including phenoxy) is 1. The van der Waals surface area contributed by atoms with Crippen molar-refractivity contribution in [2.75, 3.05) is 13.7 Å². The van der Waals surface area contributed by atoms with E-state index in [0.29, 0.717) is 6.04 Å². The number of rotatable bonds is 7. The molecule has 4 heteroatoms. The van der Waals surface area contributed by atoms with Crippen molar-refractivity contribution >= 4 is 0 Å². The van der Waals surface area contributed by atoms with E-state index < -0.39 is 0 Å². The van der Waals surface area contributed by atoms with Crippen LogP contribution < -0.4 is 5.32 Å². The highest BCUT2D eigenvalue weighted by Gasteiger charge is 2.38. The summed E-state index contributed by atoms with van der Waals surface area (Å²) in [7, 11) is 3.82. The van der Waals surface area contributed by atoms with Crippen LogP contribution in [0.2, 0.25) is 0 Å². The summed E-state index contributed by atoms with van der Waals surface area (Å²) in [5.41, 5.74) is 1.29. The third-order valence-electron chi connectivity index (χ3n) is 4.03. The fourth-order valence-corrected chi connectivity index (χ4v) is 2.84. The van der Waals surface area contributed by atoms with E-state index in [2.05, 4.69) is 23.4 Å². The van der Waals surface area contributed by atoms with Gasteiger partial charge in [0.1, 0.15) is 0 Å². The lowest BCUT2D eigenvalue weighted by atomic mass is 9.75. The quantitative estimate of drug-likeness (QED) is 0.804. The zero-order valence-electron chi connectivity index (χ0n) is 11.8. The van der Waals surface area contributed by atoms with Gasteiger partial charge in [0.05, 0.1) is 11.3 Å². The number of hydrogen-bond acceptors (Lipinski definition) is 3. The van der Waals surface area contributed by atoms with E-state index in [9.17, 15) is 0 Å². The Morgan fingerprint density at radius 1 is 1.56 bits per heavy atom. The fourth-order valence-electron chi connectivity index (χ4n) is 2.84. The Morgan fingerprint density at radius 2 is 2.33 bits per heavy atom. The van der Waals surface area contributed by atoms with E-state index >= 15 is 0 Å². The van der Waals surface area contributed by atoms with Crippen LogP contribution in [0, 0.1) is 0 Å². The molecule has 0 saturated heterocycles. The molecule has 1 aromatic heterocycles. The summed E-state index contributed by atoms with van der Waals surface area (Å²) < 4.78 is 7.60. The minimum absolute atomic E-state index is 0.127. The van der Waals surface area contributed by atoms with Gasteiger partial charge in [-0.1, -0.05) is 6.92 Å². The van der Waals surface area contributed by atoms with Crippen LogP contribution in [0.4, 0.5) is 0 Å². The van der Waals surface area contributed by atoms with Crippen LogP contribution in [0.1, 0.15) is 38.3 Å². The normalized spacial score (nSPS) is 19.5. The van der Waals surface area contributed by atoms with Gasteiger partial charge in [-0.3, -0.25) is 4.68 Å². The summed E-state index contributed by atoms with van der Waals surface area (Å²) >= 11 is 0. The lowest BCUT2D eigenvalue weighted by Gasteiger charge is -2.43. The highest BCUT2D eigenvalue weighted by molar-refractivity contribution is 5.03. The molecule has 1 aromatic rings. The average Bonchev–Trinajstić information content (AvgIpc) is 2.69. The number of hydrogen-bond donors (Lipinski definition) is 1. The maximum absolute atomic E-state index is 5.73. The highest BCUT2D eigenvalue weighted by Crippen LogP contribution is 2.39. The van der Waals surface area contributed by atoms with E-state index in [1.807, 2.05) is 25.0 Å². The minimum Gasteiger partial charge on any atom is -0.378 e. The number of methoxy groups -OCH3 is 1. The summed E-state index contributed by atoms with van der Waals surface area (Å²) in [4.78, 5) is 0. The number of aryl methyl sites for hydroxylation is 1. The molecule has 0 spiro atoms. The van der Waals surface area contributed by atoms with Gasteiger partial charge < -0.3 is 10.1 Å². The SMILES string of the molecule is CCNC(Cc1ccn(C)n1)CC1(OC)CCC1. The molecule has 1 aliphatic rings. The van der Waals surface area contributed by atoms with Crippen LogP contribution in [0.3, 0.4) is 0 Å². The molecule has 0 aliphatic heterocycles. The molecule has 1 saturated carbocycles. The smallest absolute Gasteiger partial charge is 0.0693 e. The Labute approximate surface area is 110 Å². The largest absolute Gasteiger partial charge is 0.378 e. The van der Waals surface area contributed by atoms with Crippen LogP contribution in [0.5, 0.6) is 0 Å². The first-order valence-corrected chi connectivity index (χ1v) is 6.94. The van der Waals surface area contributed by atoms with Crippen LogP contribution in [-0.2, 0) is 18.2 Å². The van der Waals surface area contributed by atoms with Gasteiger partial charge in [0.15, 0.2) is 0 Å². The first-order chi connectivity index (χ1) is 8.67. The number of nitrogens with one attached hydrogen (secondary N) is 1. The Hall–Kier alpha value is -0.870. The number of nitrogens with zero attached hydrogens (tertiary/aromatic N) is 2. The summed E-state index contributed by atoms with van der Waals surface area (Å²) in [6.45, 7) is 3.16. The van der Waals surface area contributed by atoms with Crippen molar-refractivity contribution < 1.29 is 4.74 Å². The fraction of sp³-hybridized carbons (Fsp3) is 0.786. The maximum Gasteiger partial charge on any atom is 0.0693 e. The van der Waals surface area contributed by atoms with Crippen LogP contribution in [0.15, 0.2) is 12.3 Å². The van der Waals surface area contributed by atoms with Crippen molar-refractivity contribution in [3.05, 3.63) is 18.0 Å².